The van der Waals surface area contributed by atoms with Crippen LogP contribution in [0.2, 0.25) is 0 Å². The minimum absolute atomic E-state index is 0.153. The summed E-state index contributed by atoms with van der Waals surface area (Å²) >= 11 is 1.74. The number of ether oxygens (including phenoxy) is 1. The van der Waals surface area contributed by atoms with Gasteiger partial charge in [0.1, 0.15) is 5.75 Å². The van der Waals surface area contributed by atoms with E-state index in [0.717, 1.165) is 29.9 Å². The Hall–Kier alpha value is -0.670. The van der Waals surface area contributed by atoms with E-state index in [1.54, 1.807) is 18.9 Å². The van der Waals surface area contributed by atoms with Crippen molar-refractivity contribution in [3.8, 4) is 5.75 Å². The fraction of sp³-hybridized carbons (Fsp3) is 0.500. The molecule has 1 aliphatic rings. The highest BCUT2D eigenvalue weighted by molar-refractivity contribution is 8.00. The standard InChI is InChI=1S/C12H16O2S/c1-14-10-6-2-3-7-12(10)15-11-8-4-5-9(11)13/h2-3,6-7,9,11,13H,4-5,8H2,1H3/t9-,11-/m1/s1. The number of thioether (sulfide) groups is 1. The van der Waals surface area contributed by atoms with Crippen molar-refractivity contribution in [3.05, 3.63) is 24.3 Å². The van der Waals surface area contributed by atoms with E-state index < -0.39 is 0 Å². The number of aliphatic hydroxyl groups is 1. The highest BCUT2D eigenvalue weighted by Crippen LogP contribution is 2.38. The summed E-state index contributed by atoms with van der Waals surface area (Å²) in [6.07, 6.45) is 3.02. The fourth-order valence-electron chi connectivity index (χ4n) is 1.92. The van der Waals surface area contributed by atoms with E-state index in [4.69, 9.17) is 4.74 Å². The van der Waals surface area contributed by atoms with E-state index in [2.05, 4.69) is 6.07 Å². The van der Waals surface area contributed by atoms with Gasteiger partial charge in [-0.3, -0.25) is 0 Å². The van der Waals surface area contributed by atoms with Crippen LogP contribution < -0.4 is 4.74 Å². The van der Waals surface area contributed by atoms with Crippen LogP contribution in [0.5, 0.6) is 5.75 Å². The number of hydrogen-bond acceptors (Lipinski definition) is 3. The molecule has 0 saturated heterocycles. The number of para-hydroxylation sites is 1. The van der Waals surface area contributed by atoms with Crippen LogP contribution in [0.1, 0.15) is 19.3 Å². The molecule has 1 aromatic rings. The number of rotatable bonds is 3. The van der Waals surface area contributed by atoms with Gasteiger partial charge < -0.3 is 9.84 Å². The van der Waals surface area contributed by atoms with Crippen LogP contribution >= 0.6 is 11.8 Å². The summed E-state index contributed by atoms with van der Waals surface area (Å²) in [7, 11) is 1.68. The zero-order chi connectivity index (χ0) is 10.7. The minimum atomic E-state index is -0.153. The first-order chi connectivity index (χ1) is 7.31. The van der Waals surface area contributed by atoms with Crippen LogP contribution in [-0.2, 0) is 0 Å². The molecule has 0 aliphatic heterocycles. The Kier molecular flexibility index (Phi) is 3.54. The summed E-state index contributed by atoms with van der Waals surface area (Å²) in [5.74, 6) is 0.904. The van der Waals surface area contributed by atoms with Crippen molar-refractivity contribution in [3.63, 3.8) is 0 Å². The highest BCUT2D eigenvalue weighted by atomic mass is 32.2. The maximum absolute atomic E-state index is 9.75. The minimum Gasteiger partial charge on any atom is -0.496 e. The van der Waals surface area contributed by atoms with Gasteiger partial charge in [-0.1, -0.05) is 12.1 Å². The summed E-state index contributed by atoms with van der Waals surface area (Å²) < 4.78 is 5.29. The van der Waals surface area contributed by atoms with Gasteiger partial charge in [0.15, 0.2) is 0 Å². The Morgan fingerprint density at radius 2 is 2.13 bits per heavy atom. The smallest absolute Gasteiger partial charge is 0.132 e. The fourth-order valence-corrected chi connectivity index (χ4v) is 3.25. The lowest BCUT2D eigenvalue weighted by molar-refractivity contribution is 0.188. The van der Waals surface area contributed by atoms with Crippen molar-refractivity contribution in [1.29, 1.82) is 0 Å². The van der Waals surface area contributed by atoms with Gasteiger partial charge in [-0.25, -0.2) is 0 Å². The Morgan fingerprint density at radius 3 is 2.80 bits per heavy atom. The first-order valence-corrected chi connectivity index (χ1v) is 6.17. The first-order valence-electron chi connectivity index (χ1n) is 5.29. The lowest BCUT2D eigenvalue weighted by Crippen LogP contribution is -2.14. The molecule has 2 nitrogen and oxygen atoms in total. The molecular weight excluding hydrogens is 208 g/mol. The van der Waals surface area contributed by atoms with Crippen LogP contribution in [0, 0.1) is 0 Å². The van der Waals surface area contributed by atoms with Crippen molar-refractivity contribution in [1.82, 2.24) is 0 Å². The first kappa shape index (κ1) is 10.8. The predicted octanol–water partition coefficient (Wildman–Crippen LogP) is 2.70. The maximum atomic E-state index is 9.75. The monoisotopic (exact) mass is 224 g/mol. The second kappa shape index (κ2) is 4.90. The maximum Gasteiger partial charge on any atom is 0.132 e. The topological polar surface area (TPSA) is 29.5 Å². The van der Waals surface area contributed by atoms with E-state index in [9.17, 15) is 5.11 Å². The molecule has 0 heterocycles. The van der Waals surface area contributed by atoms with E-state index in [1.807, 2.05) is 18.2 Å². The van der Waals surface area contributed by atoms with E-state index in [-0.39, 0.29) is 6.10 Å². The van der Waals surface area contributed by atoms with Crippen molar-refractivity contribution < 1.29 is 9.84 Å². The Labute approximate surface area is 94.6 Å². The lowest BCUT2D eigenvalue weighted by atomic mass is 10.3. The largest absolute Gasteiger partial charge is 0.496 e. The number of hydrogen-bond donors (Lipinski definition) is 1. The van der Waals surface area contributed by atoms with Gasteiger partial charge in [-0.15, -0.1) is 11.8 Å². The third kappa shape index (κ3) is 2.47. The van der Waals surface area contributed by atoms with Gasteiger partial charge in [-0.2, -0.15) is 0 Å². The molecule has 1 fully saturated rings. The van der Waals surface area contributed by atoms with Crippen LogP contribution in [-0.4, -0.2) is 23.6 Å². The molecule has 82 valence electrons. The average Bonchev–Trinajstić information content (AvgIpc) is 2.65. The zero-order valence-corrected chi connectivity index (χ0v) is 9.67. The molecule has 1 N–H and O–H groups in total. The average molecular weight is 224 g/mol. The summed E-state index contributed by atoms with van der Waals surface area (Å²) in [6.45, 7) is 0. The molecule has 0 spiro atoms. The van der Waals surface area contributed by atoms with Crippen molar-refractivity contribution in [2.24, 2.45) is 0 Å². The highest BCUT2D eigenvalue weighted by Gasteiger charge is 2.26. The molecular formula is C12H16O2S. The van der Waals surface area contributed by atoms with Gasteiger partial charge in [0.05, 0.1) is 13.2 Å². The summed E-state index contributed by atoms with van der Waals surface area (Å²) in [4.78, 5) is 1.13. The van der Waals surface area contributed by atoms with E-state index in [0.29, 0.717) is 5.25 Å². The van der Waals surface area contributed by atoms with Gasteiger partial charge in [0.25, 0.3) is 0 Å². The summed E-state index contributed by atoms with van der Waals surface area (Å²) in [6, 6.07) is 7.98. The van der Waals surface area contributed by atoms with Crippen molar-refractivity contribution >= 4 is 11.8 Å². The van der Waals surface area contributed by atoms with Gasteiger partial charge in [-0.05, 0) is 31.4 Å². The third-order valence-electron chi connectivity index (χ3n) is 2.77. The van der Waals surface area contributed by atoms with Crippen LogP contribution in [0.4, 0.5) is 0 Å². The third-order valence-corrected chi connectivity index (χ3v) is 4.21. The molecule has 1 aromatic carbocycles. The molecule has 2 atom stereocenters. The Bertz CT molecular complexity index is 327. The number of benzene rings is 1. The SMILES string of the molecule is COc1ccccc1S[C@@H]1CCC[C@H]1O. The molecule has 1 saturated carbocycles. The molecule has 0 unspecified atom stereocenters. The second-order valence-corrected chi connectivity index (χ2v) is 5.09. The Morgan fingerprint density at radius 1 is 1.33 bits per heavy atom. The van der Waals surface area contributed by atoms with E-state index >= 15 is 0 Å². The van der Waals surface area contributed by atoms with Gasteiger partial charge >= 0.3 is 0 Å². The van der Waals surface area contributed by atoms with Crippen LogP contribution in [0.25, 0.3) is 0 Å². The molecule has 1 aliphatic carbocycles. The Balaban J connectivity index is 2.09. The number of aliphatic hydroxyl groups excluding tert-OH is 1. The molecule has 2 rings (SSSR count). The zero-order valence-electron chi connectivity index (χ0n) is 8.85. The number of methoxy groups -OCH3 is 1. The van der Waals surface area contributed by atoms with Crippen LogP contribution in [0.3, 0.4) is 0 Å². The molecule has 15 heavy (non-hydrogen) atoms. The summed E-state index contributed by atoms with van der Waals surface area (Å²) in [5, 5.41) is 10.1. The second-order valence-electron chi connectivity index (χ2n) is 3.81. The molecule has 3 heteroatoms. The molecule has 0 bridgehead atoms. The van der Waals surface area contributed by atoms with Gasteiger partial charge in [0.2, 0.25) is 0 Å². The predicted molar refractivity (Wildman–Crippen MR) is 62.5 cm³/mol. The van der Waals surface area contributed by atoms with Crippen molar-refractivity contribution in [2.45, 2.75) is 35.5 Å². The van der Waals surface area contributed by atoms with E-state index in [1.165, 1.54) is 0 Å². The van der Waals surface area contributed by atoms with Gasteiger partial charge in [0, 0.05) is 10.1 Å². The molecule has 0 radical (unpaired) electrons. The van der Waals surface area contributed by atoms with Crippen molar-refractivity contribution in [2.75, 3.05) is 7.11 Å². The summed E-state index contributed by atoms with van der Waals surface area (Å²) in [5.41, 5.74) is 0. The normalized spacial score (nSPS) is 25.5. The van der Waals surface area contributed by atoms with Crippen LogP contribution in [0.15, 0.2) is 29.2 Å². The molecule has 0 aromatic heterocycles. The quantitative estimate of drug-likeness (QED) is 0.856. The molecule has 0 amide bonds. The lowest BCUT2D eigenvalue weighted by Gasteiger charge is -2.15.